The van der Waals surface area contributed by atoms with E-state index >= 15 is 0 Å². The van der Waals surface area contributed by atoms with Gasteiger partial charge in [-0.2, -0.15) is 10.2 Å². The zero-order chi connectivity index (χ0) is 20.6. The Balaban J connectivity index is 1.27. The summed E-state index contributed by atoms with van der Waals surface area (Å²) < 4.78 is 0. The summed E-state index contributed by atoms with van der Waals surface area (Å²) in [5.74, 6) is 7.41. The van der Waals surface area contributed by atoms with Crippen molar-refractivity contribution in [1.29, 1.82) is 0 Å². The molecule has 0 amide bonds. The summed E-state index contributed by atoms with van der Waals surface area (Å²) >= 11 is 0. The summed E-state index contributed by atoms with van der Waals surface area (Å²) in [4.78, 5) is 20.1. The van der Waals surface area contributed by atoms with E-state index in [-0.39, 0.29) is 0 Å². The van der Waals surface area contributed by atoms with Crippen LogP contribution in [0, 0.1) is 11.8 Å². The Hall–Kier alpha value is -4.58. The van der Waals surface area contributed by atoms with E-state index in [9.17, 15) is 0 Å². The first-order valence-corrected chi connectivity index (χ1v) is 9.69. The fourth-order valence-corrected chi connectivity index (χ4v) is 3.54. The Morgan fingerprint density at radius 1 is 0.871 bits per heavy atom. The summed E-state index contributed by atoms with van der Waals surface area (Å²) in [5, 5.41) is 15.1. The van der Waals surface area contributed by atoms with Gasteiger partial charge < -0.3 is 4.90 Å². The average Bonchev–Trinajstić information content (AvgIpc) is 3.54. The third-order valence-electron chi connectivity index (χ3n) is 5.10. The van der Waals surface area contributed by atoms with Gasteiger partial charge in [0, 0.05) is 35.5 Å². The zero-order valence-corrected chi connectivity index (χ0v) is 16.2. The van der Waals surface area contributed by atoms with Crippen LogP contribution in [0.5, 0.6) is 0 Å². The van der Waals surface area contributed by atoms with Crippen molar-refractivity contribution < 1.29 is 0 Å². The number of hydrogen-bond donors (Lipinski definition) is 2. The quantitative estimate of drug-likeness (QED) is 0.434. The van der Waals surface area contributed by atoms with Crippen LogP contribution in [0.15, 0.2) is 55.1 Å². The lowest BCUT2D eigenvalue weighted by molar-refractivity contribution is 0.803. The highest BCUT2D eigenvalue weighted by molar-refractivity contribution is 5.79. The molecule has 0 radical (unpaired) electrons. The van der Waals surface area contributed by atoms with E-state index in [0.29, 0.717) is 29.7 Å². The Morgan fingerprint density at radius 3 is 2.77 bits per heavy atom. The molecule has 6 rings (SSSR count). The topological polar surface area (TPSA) is 112 Å². The number of aromatic nitrogens is 8. The van der Waals surface area contributed by atoms with Gasteiger partial charge in [0.05, 0.1) is 30.1 Å². The fraction of sp³-hybridized carbons (Fsp3) is 0.0909. The van der Waals surface area contributed by atoms with Crippen molar-refractivity contribution in [3.8, 4) is 23.4 Å². The number of nitrogens with zero attached hydrogens (tertiary/aromatic N) is 7. The molecule has 148 valence electrons. The zero-order valence-electron chi connectivity index (χ0n) is 16.2. The van der Waals surface area contributed by atoms with E-state index in [0.717, 1.165) is 34.3 Å². The summed E-state index contributed by atoms with van der Waals surface area (Å²) in [5.41, 5.74) is 5.41. The molecule has 4 aromatic heterocycles. The Labute approximate surface area is 176 Å². The summed E-state index contributed by atoms with van der Waals surface area (Å²) in [6, 6.07) is 9.50. The molecule has 9 heteroatoms. The van der Waals surface area contributed by atoms with E-state index in [1.165, 1.54) is 0 Å². The van der Waals surface area contributed by atoms with Crippen molar-refractivity contribution in [2.45, 2.75) is 13.1 Å². The standard InChI is InChI=1S/C22H15N9/c1(14-2-4-18-15(9-14)10-25-29-18)3-17-5-7-23-21(27-17)19-6-8-24-22(28-19)31-12-16-11-26-30-20(16)13-31/h2,4-11H,12-13H2,(H,25,29)(H,26,30). The maximum absolute atomic E-state index is 4.67. The number of rotatable bonds is 2. The second-order valence-electron chi connectivity index (χ2n) is 7.16. The lowest BCUT2D eigenvalue weighted by Gasteiger charge is -2.15. The Morgan fingerprint density at radius 2 is 1.81 bits per heavy atom. The van der Waals surface area contributed by atoms with Crippen LogP contribution in [0.4, 0.5) is 5.95 Å². The van der Waals surface area contributed by atoms with E-state index in [2.05, 4.69) is 57.1 Å². The molecule has 1 aliphatic rings. The lowest BCUT2D eigenvalue weighted by Crippen LogP contribution is -2.18. The van der Waals surface area contributed by atoms with E-state index in [4.69, 9.17) is 0 Å². The number of fused-ring (bicyclic) bond motifs is 2. The SMILES string of the molecule is C(#Cc1ccnc(-c2ccnc(N3Cc4cn[nH]c4C3)n2)n1)c1ccc2[nH]ncc2c1. The molecule has 5 aromatic rings. The maximum Gasteiger partial charge on any atom is 0.226 e. The Kier molecular flexibility index (Phi) is 3.92. The molecule has 5 heterocycles. The van der Waals surface area contributed by atoms with Crippen molar-refractivity contribution in [3.05, 3.63) is 77.6 Å². The molecule has 1 aromatic carbocycles. The second-order valence-corrected chi connectivity index (χ2v) is 7.16. The van der Waals surface area contributed by atoms with Gasteiger partial charge >= 0.3 is 0 Å². The molecule has 9 nitrogen and oxygen atoms in total. The minimum Gasteiger partial charge on any atom is -0.330 e. The van der Waals surface area contributed by atoms with Crippen molar-refractivity contribution >= 4 is 16.9 Å². The highest BCUT2D eigenvalue weighted by Gasteiger charge is 2.23. The van der Waals surface area contributed by atoms with Gasteiger partial charge in [-0.25, -0.2) is 19.9 Å². The highest BCUT2D eigenvalue weighted by Crippen LogP contribution is 2.25. The van der Waals surface area contributed by atoms with Crippen LogP contribution in [0.2, 0.25) is 0 Å². The molecular formula is C22H15N9. The molecular weight excluding hydrogens is 390 g/mol. The van der Waals surface area contributed by atoms with Crippen molar-refractivity contribution in [2.24, 2.45) is 0 Å². The number of H-pyrrole nitrogens is 2. The van der Waals surface area contributed by atoms with Gasteiger partial charge in [-0.05, 0) is 36.3 Å². The van der Waals surface area contributed by atoms with Crippen molar-refractivity contribution in [3.63, 3.8) is 0 Å². The maximum atomic E-state index is 4.67. The number of hydrogen-bond acceptors (Lipinski definition) is 7. The molecule has 0 aliphatic carbocycles. The van der Waals surface area contributed by atoms with Crippen LogP contribution in [0.3, 0.4) is 0 Å². The monoisotopic (exact) mass is 405 g/mol. The van der Waals surface area contributed by atoms with E-state index in [1.54, 1.807) is 30.7 Å². The predicted octanol–water partition coefficient (Wildman–Crippen LogP) is 2.45. The molecule has 0 saturated heterocycles. The van der Waals surface area contributed by atoms with Gasteiger partial charge in [0.15, 0.2) is 5.82 Å². The van der Waals surface area contributed by atoms with Crippen molar-refractivity contribution in [1.82, 2.24) is 40.3 Å². The van der Waals surface area contributed by atoms with E-state index in [1.807, 2.05) is 24.4 Å². The predicted molar refractivity (Wildman–Crippen MR) is 114 cm³/mol. The van der Waals surface area contributed by atoms with Crippen LogP contribution in [-0.4, -0.2) is 40.3 Å². The Bertz CT molecular complexity index is 1450. The third-order valence-corrected chi connectivity index (χ3v) is 5.10. The molecule has 0 atom stereocenters. The van der Waals surface area contributed by atoms with Crippen LogP contribution in [-0.2, 0) is 13.1 Å². The summed E-state index contributed by atoms with van der Waals surface area (Å²) in [7, 11) is 0. The van der Waals surface area contributed by atoms with Crippen LogP contribution < -0.4 is 4.90 Å². The summed E-state index contributed by atoms with van der Waals surface area (Å²) in [6.45, 7) is 1.43. The van der Waals surface area contributed by atoms with Crippen molar-refractivity contribution in [2.75, 3.05) is 4.90 Å². The molecule has 0 unspecified atom stereocenters. The third kappa shape index (κ3) is 3.26. The number of anilines is 1. The number of aromatic amines is 2. The largest absolute Gasteiger partial charge is 0.330 e. The van der Waals surface area contributed by atoms with E-state index < -0.39 is 0 Å². The van der Waals surface area contributed by atoms with Crippen LogP contribution in [0.25, 0.3) is 22.4 Å². The highest BCUT2D eigenvalue weighted by atomic mass is 15.3. The van der Waals surface area contributed by atoms with Gasteiger partial charge in [-0.15, -0.1) is 0 Å². The van der Waals surface area contributed by atoms with Gasteiger partial charge in [-0.3, -0.25) is 10.2 Å². The first kappa shape index (κ1) is 17.3. The molecule has 0 fully saturated rings. The first-order valence-electron chi connectivity index (χ1n) is 9.69. The number of benzene rings is 1. The lowest BCUT2D eigenvalue weighted by atomic mass is 10.1. The number of nitrogens with one attached hydrogen (secondary N) is 2. The minimum absolute atomic E-state index is 0.514. The smallest absolute Gasteiger partial charge is 0.226 e. The van der Waals surface area contributed by atoms with Gasteiger partial charge in [0.2, 0.25) is 5.95 Å². The summed E-state index contributed by atoms with van der Waals surface area (Å²) in [6.07, 6.45) is 7.04. The van der Waals surface area contributed by atoms with Gasteiger partial charge in [0.25, 0.3) is 0 Å². The second kappa shape index (κ2) is 7.03. The molecule has 2 N–H and O–H groups in total. The minimum atomic E-state index is 0.514. The fourth-order valence-electron chi connectivity index (χ4n) is 3.54. The van der Waals surface area contributed by atoms with Gasteiger partial charge in [-0.1, -0.05) is 5.92 Å². The molecule has 1 aliphatic heterocycles. The first-order chi connectivity index (χ1) is 15.3. The average molecular weight is 405 g/mol. The molecule has 0 bridgehead atoms. The molecule has 31 heavy (non-hydrogen) atoms. The van der Waals surface area contributed by atoms with Crippen LogP contribution >= 0.6 is 0 Å². The van der Waals surface area contributed by atoms with Crippen LogP contribution in [0.1, 0.15) is 22.5 Å². The molecule has 0 saturated carbocycles. The van der Waals surface area contributed by atoms with Gasteiger partial charge in [0.1, 0.15) is 11.4 Å². The normalized spacial score (nSPS) is 12.6. The molecule has 0 spiro atoms.